The van der Waals surface area contributed by atoms with Crippen molar-refractivity contribution in [1.82, 2.24) is 10.5 Å². The summed E-state index contributed by atoms with van der Waals surface area (Å²) in [5.74, 6) is 0.602. The highest BCUT2D eigenvalue weighted by atomic mass is 19.1. The lowest BCUT2D eigenvalue weighted by Crippen LogP contribution is -2.34. The van der Waals surface area contributed by atoms with Gasteiger partial charge in [0.15, 0.2) is 5.96 Å². The highest BCUT2D eigenvalue weighted by molar-refractivity contribution is 5.92. The first-order valence-electron chi connectivity index (χ1n) is 12.3. The van der Waals surface area contributed by atoms with Gasteiger partial charge >= 0.3 is 0 Å². The van der Waals surface area contributed by atoms with Crippen LogP contribution < -0.4 is 10.6 Å². The lowest BCUT2D eigenvalue weighted by Gasteiger charge is -2.11. The average molecular weight is 515 g/mol. The highest BCUT2D eigenvalue weighted by Crippen LogP contribution is 2.27. The summed E-state index contributed by atoms with van der Waals surface area (Å²) >= 11 is 0. The van der Waals surface area contributed by atoms with E-state index in [0.29, 0.717) is 50.1 Å². The minimum atomic E-state index is -0.253. The summed E-state index contributed by atoms with van der Waals surface area (Å²) in [4.78, 5) is 4.43. The van der Waals surface area contributed by atoms with Crippen molar-refractivity contribution in [3.63, 3.8) is 0 Å². The number of hydrogen-bond acceptors (Lipinski definition) is 7. The normalized spacial score (nSPS) is 12.5. The van der Waals surface area contributed by atoms with Crippen molar-refractivity contribution < 1.29 is 28.6 Å². The summed E-state index contributed by atoms with van der Waals surface area (Å²) in [6.07, 6.45) is 0.599. The van der Waals surface area contributed by atoms with Crippen molar-refractivity contribution in [1.29, 1.82) is 0 Å². The number of aliphatic imine (C=N–C) groups is 1. The quantitative estimate of drug-likeness (QED) is 0.139. The molecule has 0 fully saturated rings. The van der Waals surface area contributed by atoms with E-state index in [-0.39, 0.29) is 38.2 Å². The van der Waals surface area contributed by atoms with Crippen molar-refractivity contribution in [2.75, 3.05) is 58.0 Å². The van der Waals surface area contributed by atoms with Crippen LogP contribution in [-0.2, 0) is 15.9 Å². The number of aromatic nitrogens is 1. The van der Waals surface area contributed by atoms with Crippen molar-refractivity contribution in [2.45, 2.75) is 19.3 Å². The maximum atomic E-state index is 14.8. The number of aliphatic hydroxyl groups is 2. The van der Waals surface area contributed by atoms with Gasteiger partial charge in [0, 0.05) is 24.1 Å². The lowest BCUT2D eigenvalue weighted by atomic mass is 9.96. The molecule has 9 nitrogen and oxygen atoms in total. The highest BCUT2D eigenvalue weighted by Gasteiger charge is 2.15. The SMILES string of the molecule is CC(Cc1ccc(-c2ccccc2)c(F)c1)c1cc(NC(=NCCOCCO)NCCOCCO)on1. The number of halogens is 1. The minimum absolute atomic E-state index is 0.00612. The minimum Gasteiger partial charge on any atom is -0.394 e. The molecule has 3 aromatic rings. The van der Waals surface area contributed by atoms with E-state index in [1.165, 1.54) is 0 Å². The Morgan fingerprint density at radius 3 is 2.51 bits per heavy atom. The molecule has 0 saturated carbocycles. The molecule has 0 spiro atoms. The summed E-state index contributed by atoms with van der Waals surface area (Å²) in [5, 5.41) is 28.0. The zero-order valence-electron chi connectivity index (χ0n) is 21.0. The van der Waals surface area contributed by atoms with Gasteiger partial charge in [-0.1, -0.05) is 54.5 Å². The maximum absolute atomic E-state index is 14.8. The number of benzene rings is 2. The molecule has 3 rings (SSSR count). The number of guanidine groups is 1. The van der Waals surface area contributed by atoms with E-state index in [1.807, 2.05) is 49.4 Å². The molecule has 0 radical (unpaired) electrons. The zero-order valence-corrected chi connectivity index (χ0v) is 21.0. The van der Waals surface area contributed by atoms with Crippen LogP contribution >= 0.6 is 0 Å². The molecule has 0 aliphatic carbocycles. The van der Waals surface area contributed by atoms with Crippen LogP contribution in [0.4, 0.5) is 10.3 Å². The zero-order chi connectivity index (χ0) is 26.3. The number of aliphatic hydroxyl groups excluding tert-OH is 2. The predicted octanol–water partition coefficient (Wildman–Crippen LogP) is 3.20. The van der Waals surface area contributed by atoms with Crippen LogP contribution in [0.25, 0.3) is 11.1 Å². The molecule has 10 heteroatoms. The molecule has 1 aromatic heterocycles. The number of nitrogens with one attached hydrogen (secondary N) is 2. The molecule has 0 bridgehead atoms. The molecule has 1 unspecified atom stereocenters. The Morgan fingerprint density at radius 1 is 1.03 bits per heavy atom. The fraction of sp³-hybridized carbons (Fsp3) is 0.407. The van der Waals surface area contributed by atoms with Crippen molar-refractivity contribution in [3.05, 3.63) is 71.7 Å². The topological polar surface area (TPSA) is 121 Å². The summed E-state index contributed by atoms with van der Waals surface area (Å²) in [5.41, 5.74) is 3.02. The Kier molecular flexibility index (Phi) is 12.0. The first-order valence-corrected chi connectivity index (χ1v) is 12.3. The predicted molar refractivity (Wildman–Crippen MR) is 140 cm³/mol. The molecule has 4 N–H and O–H groups in total. The molecule has 1 heterocycles. The van der Waals surface area contributed by atoms with E-state index >= 15 is 0 Å². The van der Waals surface area contributed by atoms with E-state index in [4.69, 9.17) is 24.2 Å². The first kappa shape index (κ1) is 28.3. The van der Waals surface area contributed by atoms with Crippen molar-refractivity contribution in [2.24, 2.45) is 4.99 Å². The Morgan fingerprint density at radius 2 is 1.78 bits per heavy atom. The first-order chi connectivity index (χ1) is 18.1. The largest absolute Gasteiger partial charge is 0.394 e. The molecule has 0 aliphatic heterocycles. The second-order valence-corrected chi connectivity index (χ2v) is 8.36. The molecule has 1 atom stereocenters. The molecule has 37 heavy (non-hydrogen) atoms. The van der Waals surface area contributed by atoms with Crippen LogP contribution in [0, 0.1) is 5.82 Å². The number of nitrogens with zero attached hydrogens (tertiary/aromatic N) is 2. The number of anilines is 1. The number of ether oxygens (including phenoxy) is 2. The summed E-state index contributed by atoms with van der Waals surface area (Å²) in [6.45, 7) is 4.02. The molecule has 2 aromatic carbocycles. The maximum Gasteiger partial charge on any atom is 0.231 e. The third-order valence-corrected chi connectivity index (χ3v) is 5.45. The third-order valence-electron chi connectivity index (χ3n) is 5.45. The number of hydrogen-bond donors (Lipinski definition) is 4. The number of rotatable bonds is 15. The standard InChI is InChI=1S/C27H35FN4O5/c1-20(17-21-7-8-23(24(28)18-21)22-5-3-2-4-6-22)25-19-26(37-32-25)31-27(29-9-13-35-15-11-33)30-10-14-36-16-12-34/h2-8,18-20,33-34H,9-17H2,1H3,(H2,29,30,31). The van der Waals surface area contributed by atoms with Crippen molar-refractivity contribution in [3.8, 4) is 11.1 Å². The molecular weight excluding hydrogens is 479 g/mol. The summed E-state index contributed by atoms with van der Waals surface area (Å²) in [6, 6.07) is 16.6. The van der Waals surface area contributed by atoms with Gasteiger partial charge in [-0.25, -0.2) is 4.39 Å². The molecular formula is C27H35FN4O5. The Balaban J connectivity index is 1.58. The molecule has 0 aliphatic rings. The second kappa shape index (κ2) is 15.7. The van der Waals surface area contributed by atoms with E-state index in [1.54, 1.807) is 12.1 Å². The van der Waals surface area contributed by atoms with Gasteiger partial charge in [0.1, 0.15) is 5.82 Å². The van der Waals surface area contributed by atoms with Gasteiger partial charge in [-0.3, -0.25) is 10.3 Å². The summed E-state index contributed by atoms with van der Waals surface area (Å²) in [7, 11) is 0. The second-order valence-electron chi connectivity index (χ2n) is 8.36. The van der Waals surface area contributed by atoms with Gasteiger partial charge in [0.05, 0.1) is 51.9 Å². The van der Waals surface area contributed by atoms with Crippen LogP contribution in [0.5, 0.6) is 0 Å². The van der Waals surface area contributed by atoms with E-state index in [9.17, 15) is 4.39 Å². The Bertz CT molecular complexity index is 1090. The van der Waals surface area contributed by atoms with Gasteiger partial charge in [-0.05, 0) is 23.6 Å². The summed E-state index contributed by atoms with van der Waals surface area (Å²) < 4.78 is 30.7. The van der Waals surface area contributed by atoms with Gasteiger partial charge < -0.3 is 29.5 Å². The van der Waals surface area contributed by atoms with E-state index in [2.05, 4.69) is 20.8 Å². The average Bonchev–Trinajstić information content (AvgIpc) is 3.37. The van der Waals surface area contributed by atoms with Crippen LogP contribution in [-0.4, -0.2) is 74.1 Å². The molecule has 200 valence electrons. The van der Waals surface area contributed by atoms with Crippen molar-refractivity contribution >= 4 is 11.8 Å². The lowest BCUT2D eigenvalue weighted by molar-refractivity contribution is 0.0955. The van der Waals surface area contributed by atoms with Gasteiger partial charge in [-0.15, -0.1) is 0 Å². The van der Waals surface area contributed by atoms with Crippen LogP contribution in [0.3, 0.4) is 0 Å². The Hall–Kier alpha value is -3.31. The van der Waals surface area contributed by atoms with Gasteiger partial charge in [0.25, 0.3) is 0 Å². The fourth-order valence-corrected chi connectivity index (χ4v) is 3.63. The van der Waals surface area contributed by atoms with Crippen LogP contribution in [0.1, 0.15) is 24.1 Å². The van der Waals surface area contributed by atoms with E-state index in [0.717, 1.165) is 16.8 Å². The smallest absolute Gasteiger partial charge is 0.231 e. The third kappa shape index (κ3) is 9.58. The van der Waals surface area contributed by atoms with Crippen LogP contribution in [0.2, 0.25) is 0 Å². The molecule has 0 saturated heterocycles. The van der Waals surface area contributed by atoms with E-state index < -0.39 is 0 Å². The monoisotopic (exact) mass is 514 g/mol. The van der Waals surface area contributed by atoms with Crippen LogP contribution in [0.15, 0.2) is 64.1 Å². The Labute approximate surface area is 216 Å². The molecule has 0 amide bonds. The van der Waals surface area contributed by atoms with Gasteiger partial charge in [0.2, 0.25) is 5.88 Å². The fourth-order valence-electron chi connectivity index (χ4n) is 3.63. The van der Waals surface area contributed by atoms with Gasteiger partial charge in [-0.2, -0.15) is 0 Å².